The second-order valence-corrected chi connectivity index (χ2v) is 3.28. The van der Waals surface area contributed by atoms with Gasteiger partial charge in [-0.25, -0.2) is 4.98 Å². The molecule has 2 aromatic heterocycles. The third kappa shape index (κ3) is 1.70. The standard InChI is InChI=1S/C10H12N2O/c1-8(13)6-9-2-4-12-5-3-11-10(12)7-9/h2-5,7-8,13H,6H2,1H3. The number of nitrogens with zero attached hydrogens (tertiary/aromatic N) is 2. The molecule has 1 atom stereocenters. The highest BCUT2D eigenvalue weighted by molar-refractivity contribution is 5.41. The Bertz CT molecular complexity index is 406. The Balaban J connectivity index is 2.37. The van der Waals surface area contributed by atoms with Gasteiger partial charge in [0.05, 0.1) is 6.10 Å². The normalized spacial score (nSPS) is 13.4. The summed E-state index contributed by atoms with van der Waals surface area (Å²) >= 11 is 0. The van der Waals surface area contributed by atoms with Gasteiger partial charge in [-0.15, -0.1) is 0 Å². The fourth-order valence-electron chi connectivity index (χ4n) is 1.42. The van der Waals surface area contributed by atoms with Crippen molar-refractivity contribution < 1.29 is 5.11 Å². The lowest BCUT2D eigenvalue weighted by molar-refractivity contribution is 0.195. The van der Waals surface area contributed by atoms with Crippen molar-refractivity contribution in [3.8, 4) is 0 Å². The summed E-state index contributed by atoms with van der Waals surface area (Å²) in [5.41, 5.74) is 2.05. The number of aliphatic hydroxyl groups is 1. The molecule has 0 aliphatic rings. The average Bonchev–Trinajstić information content (AvgIpc) is 2.49. The van der Waals surface area contributed by atoms with Crippen LogP contribution in [0.15, 0.2) is 30.7 Å². The smallest absolute Gasteiger partial charge is 0.136 e. The van der Waals surface area contributed by atoms with Crippen LogP contribution in [0, 0.1) is 0 Å². The van der Waals surface area contributed by atoms with Crippen LogP contribution in [0.4, 0.5) is 0 Å². The maximum Gasteiger partial charge on any atom is 0.136 e. The Morgan fingerprint density at radius 3 is 3.15 bits per heavy atom. The molecule has 0 saturated carbocycles. The van der Waals surface area contributed by atoms with E-state index in [2.05, 4.69) is 4.98 Å². The molecule has 0 spiro atoms. The first-order chi connectivity index (χ1) is 6.25. The van der Waals surface area contributed by atoms with Crippen molar-refractivity contribution in [2.45, 2.75) is 19.4 Å². The van der Waals surface area contributed by atoms with E-state index in [0.717, 1.165) is 11.2 Å². The van der Waals surface area contributed by atoms with Crippen molar-refractivity contribution in [3.63, 3.8) is 0 Å². The number of fused-ring (bicyclic) bond motifs is 1. The maximum absolute atomic E-state index is 9.20. The molecule has 2 heterocycles. The first-order valence-electron chi connectivity index (χ1n) is 4.35. The second-order valence-electron chi connectivity index (χ2n) is 3.28. The van der Waals surface area contributed by atoms with Gasteiger partial charge in [-0.2, -0.15) is 0 Å². The summed E-state index contributed by atoms with van der Waals surface area (Å²) in [4.78, 5) is 4.17. The number of pyridine rings is 1. The largest absolute Gasteiger partial charge is 0.393 e. The van der Waals surface area contributed by atoms with Gasteiger partial charge in [0.2, 0.25) is 0 Å². The van der Waals surface area contributed by atoms with E-state index in [1.165, 1.54) is 0 Å². The van der Waals surface area contributed by atoms with Crippen molar-refractivity contribution in [2.75, 3.05) is 0 Å². The van der Waals surface area contributed by atoms with Crippen LogP contribution in [-0.2, 0) is 6.42 Å². The van der Waals surface area contributed by atoms with E-state index >= 15 is 0 Å². The fraction of sp³-hybridized carbons (Fsp3) is 0.300. The molecule has 3 nitrogen and oxygen atoms in total. The van der Waals surface area contributed by atoms with E-state index in [1.54, 1.807) is 13.1 Å². The number of hydrogen-bond acceptors (Lipinski definition) is 2. The van der Waals surface area contributed by atoms with E-state index in [-0.39, 0.29) is 6.10 Å². The molecule has 0 saturated heterocycles. The number of aliphatic hydroxyl groups excluding tert-OH is 1. The summed E-state index contributed by atoms with van der Waals surface area (Å²) in [6.45, 7) is 1.79. The predicted molar refractivity (Wildman–Crippen MR) is 50.6 cm³/mol. The van der Waals surface area contributed by atoms with E-state index < -0.39 is 0 Å². The van der Waals surface area contributed by atoms with Crippen LogP contribution >= 0.6 is 0 Å². The average molecular weight is 176 g/mol. The lowest BCUT2D eigenvalue weighted by Gasteiger charge is -2.03. The molecule has 13 heavy (non-hydrogen) atoms. The van der Waals surface area contributed by atoms with Crippen LogP contribution in [0.5, 0.6) is 0 Å². The minimum Gasteiger partial charge on any atom is -0.393 e. The van der Waals surface area contributed by atoms with Gasteiger partial charge in [0.25, 0.3) is 0 Å². The fourth-order valence-corrected chi connectivity index (χ4v) is 1.42. The van der Waals surface area contributed by atoms with Crippen LogP contribution in [0.3, 0.4) is 0 Å². The molecule has 2 rings (SSSR count). The lowest BCUT2D eigenvalue weighted by atomic mass is 10.1. The first-order valence-corrected chi connectivity index (χ1v) is 4.35. The summed E-state index contributed by atoms with van der Waals surface area (Å²) in [7, 11) is 0. The minimum atomic E-state index is -0.294. The molecule has 1 unspecified atom stereocenters. The Kier molecular flexibility index (Phi) is 2.02. The summed E-state index contributed by atoms with van der Waals surface area (Å²) < 4.78 is 1.95. The van der Waals surface area contributed by atoms with Gasteiger partial charge in [-0.05, 0) is 31.0 Å². The molecule has 3 heteroatoms. The van der Waals surface area contributed by atoms with Gasteiger partial charge < -0.3 is 9.51 Å². The zero-order valence-corrected chi connectivity index (χ0v) is 7.51. The zero-order chi connectivity index (χ0) is 9.26. The van der Waals surface area contributed by atoms with E-state index in [0.29, 0.717) is 6.42 Å². The van der Waals surface area contributed by atoms with Crippen LogP contribution < -0.4 is 0 Å². The highest BCUT2D eigenvalue weighted by Gasteiger charge is 2.00. The maximum atomic E-state index is 9.20. The molecule has 0 aliphatic heterocycles. The molecular formula is C10H12N2O. The molecule has 0 amide bonds. The summed E-state index contributed by atoms with van der Waals surface area (Å²) in [5, 5.41) is 9.20. The third-order valence-electron chi connectivity index (χ3n) is 1.99. The molecule has 0 aromatic carbocycles. The second kappa shape index (κ2) is 3.18. The summed E-state index contributed by atoms with van der Waals surface area (Å²) in [6, 6.07) is 3.99. The number of aromatic nitrogens is 2. The molecule has 0 radical (unpaired) electrons. The van der Waals surface area contributed by atoms with Gasteiger partial charge in [-0.3, -0.25) is 0 Å². The van der Waals surface area contributed by atoms with Gasteiger partial charge in [0.15, 0.2) is 0 Å². The quantitative estimate of drug-likeness (QED) is 0.748. The van der Waals surface area contributed by atoms with Crippen LogP contribution in [0.2, 0.25) is 0 Å². The van der Waals surface area contributed by atoms with Crippen molar-refractivity contribution in [1.82, 2.24) is 9.38 Å². The van der Waals surface area contributed by atoms with Crippen LogP contribution in [0.25, 0.3) is 5.65 Å². The van der Waals surface area contributed by atoms with Crippen LogP contribution in [-0.4, -0.2) is 20.6 Å². The number of imidazole rings is 1. The highest BCUT2D eigenvalue weighted by Crippen LogP contribution is 2.07. The van der Waals surface area contributed by atoms with E-state index in [9.17, 15) is 5.11 Å². The Morgan fingerprint density at radius 1 is 1.54 bits per heavy atom. The predicted octanol–water partition coefficient (Wildman–Crippen LogP) is 1.26. The molecular weight excluding hydrogens is 164 g/mol. The molecule has 68 valence electrons. The van der Waals surface area contributed by atoms with E-state index in [4.69, 9.17) is 0 Å². The van der Waals surface area contributed by atoms with Crippen molar-refractivity contribution in [2.24, 2.45) is 0 Å². The monoisotopic (exact) mass is 176 g/mol. The molecule has 2 aromatic rings. The Hall–Kier alpha value is -1.35. The topological polar surface area (TPSA) is 37.5 Å². The summed E-state index contributed by atoms with van der Waals surface area (Å²) in [5.74, 6) is 0. The number of hydrogen-bond donors (Lipinski definition) is 1. The lowest BCUT2D eigenvalue weighted by Crippen LogP contribution is -2.04. The molecule has 0 fully saturated rings. The first kappa shape index (κ1) is 8.26. The van der Waals surface area contributed by atoms with Crippen molar-refractivity contribution in [1.29, 1.82) is 0 Å². The highest BCUT2D eigenvalue weighted by atomic mass is 16.3. The van der Waals surface area contributed by atoms with E-state index in [1.807, 2.05) is 28.9 Å². The minimum absolute atomic E-state index is 0.294. The van der Waals surface area contributed by atoms with Gasteiger partial charge in [0.1, 0.15) is 5.65 Å². The van der Waals surface area contributed by atoms with Gasteiger partial charge >= 0.3 is 0 Å². The molecule has 0 bridgehead atoms. The summed E-state index contributed by atoms with van der Waals surface area (Å²) in [6.07, 6.45) is 6.02. The Labute approximate surface area is 76.7 Å². The van der Waals surface area contributed by atoms with Gasteiger partial charge in [-0.1, -0.05) is 0 Å². The van der Waals surface area contributed by atoms with Gasteiger partial charge in [0, 0.05) is 18.6 Å². The molecule has 1 N–H and O–H groups in total. The Morgan fingerprint density at radius 2 is 2.38 bits per heavy atom. The van der Waals surface area contributed by atoms with Crippen molar-refractivity contribution >= 4 is 5.65 Å². The zero-order valence-electron chi connectivity index (χ0n) is 7.51. The van der Waals surface area contributed by atoms with Crippen LogP contribution in [0.1, 0.15) is 12.5 Å². The number of rotatable bonds is 2. The third-order valence-corrected chi connectivity index (χ3v) is 1.99. The SMILES string of the molecule is CC(O)Cc1ccn2ccnc2c1. The van der Waals surface area contributed by atoms with Crippen molar-refractivity contribution in [3.05, 3.63) is 36.3 Å². The molecule has 0 aliphatic carbocycles.